The predicted octanol–water partition coefficient (Wildman–Crippen LogP) is 4.60. The number of benzene rings is 2. The van der Waals surface area contributed by atoms with E-state index in [9.17, 15) is 9.90 Å². The summed E-state index contributed by atoms with van der Waals surface area (Å²) in [5.74, 6) is 0.501. The summed E-state index contributed by atoms with van der Waals surface area (Å²) < 4.78 is 5.14. The first-order chi connectivity index (χ1) is 11.9. The fraction of sp³-hybridized carbons (Fsp3) is 0.250. The number of rotatable bonds is 4. The van der Waals surface area contributed by atoms with Crippen molar-refractivity contribution in [2.45, 2.75) is 13.8 Å². The lowest BCUT2D eigenvalue weighted by atomic mass is 10.0. The van der Waals surface area contributed by atoms with Gasteiger partial charge in [0.1, 0.15) is 0 Å². The number of phenolic OH excluding ortho intramolecular Hbond substituents is 1. The van der Waals surface area contributed by atoms with Gasteiger partial charge in [0.05, 0.1) is 17.8 Å². The number of hydrogen-bond donors (Lipinski definition) is 1. The standard InChI is InChI=1S/C20H20ClNO3/c1-12(2)11-22-17-7-5-4-6-14(17)15(20(22)24)8-13-9-16(21)19(23)18(10-13)25-3/h4-10,12,23H,11H2,1-3H3/b15-8-. The van der Waals surface area contributed by atoms with Gasteiger partial charge in [0.2, 0.25) is 0 Å². The number of hydrogen-bond acceptors (Lipinski definition) is 3. The van der Waals surface area contributed by atoms with Crippen LogP contribution < -0.4 is 9.64 Å². The van der Waals surface area contributed by atoms with Crippen LogP contribution in [-0.4, -0.2) is 24.7 Å². The largest absolute Gasteiger partial charge is 0.503 e. The van der Waals surface area contributed by atoms with E-state index < -0.39 is 0 Å². The topological polar surface area (TPSA) is 49.8 Å². The van der Waals surface area contributed by atoms with Gasteiger partial charge < -0.3 is 14.7 Å². The molecule has 2 aromatic rings. The highest BCUT2D eigenvalue weighted by molar-refractivity contribution is 6.36. The monoisotopic (exact) mass is 357 g/mol. The first kappa shape index (κ1) is 17.4. The number of anilines is 1. The number of nitrogens with zero attached hydrogens (tertiary/aromatic N) is 1. The Balaban J connectivity index is 2.10. The Bertz CT molecular complexity index is 858. The van der Waals surface area contributed by atoms with E-state index in [4.69, 9.17) is 16.3 Å². The van der Waals surface area contributed by atoms with Gasteiger partial charge in [-0.3, -0.25) is 4.79 Å². The second kappa shape index (κ2) is 6.81. The molecular formula is C20H20ClNO3. The fourth-order valence-electron chi connectivity index (χ4n) is 2.99. The Morgan fingerprint density at radius 2 is 2.00 bits per heavy atom. The van der Waals surface area contributed by atoms with E-state index in [0.29, 0.717) is 23.6 Å². The number of phenols is 1. The van der Waals surface area contributed by atoms with Crippen molar-refractivity contribution in [3.05, 3.63) is 52.5 Å². The molecule has 0 fully saturated rings. The van der Waals surface area contributed by atoms with Gasteiger partial charge in [-0.25, -0.2) is 0 Å². The van der Waals surface area contributed by atoms with Crippen molar-refractivity contribution in [3.8, 4) is 11.5 Å². The number of halogens is 1. The van der Waals surface area contributed by atoms with Crippen LogP contribution in [0.25, 0.3) is 11.6 Å². The summed E-state index contributed by atoms with van der Waals surface area (Å²) in [7, 11) is 1.46. The minimum atomic E-state index is -0.106. The summed E-state index contributed by atoms with van der Waals surface area (Å²) in [4.78, 5) is 14.8. The van der Waals surface area contributed by atoms with Crippen molar-refractivity contribution in [3.63, 3.8) is 0 Å². The number of aromatic hydroxyl groups is 1. The number of methoxy groups -OCH3 is 1. The molecule has 3 rings (SSSR count). The number of carbonyl (C=O) groups excluding carboxylic acids is 1. The van der Waals surface area contributed by atoms with Crippen LogP contribution in [0.15, 0.2) is 36.4 Å². The lowest BCUT2D eigenvalue weighted by Crippen LogP contribution is -2.30. The Morgan fingerprint density at radius 1 is 1.28 bits per heavy atom. The van der Waals surface area contributed by atoms with Gasteiger partial charge in [0.15, 0.2) is 11.5 Å². The van der Waals surface area contributed by atoms with Crippen LogP contribution in [0.3, 0.4) is 0 Å². The van der Waals surface area contributed by atoms with Crippen LogP contribution in [0.4, 0.5) is 5.69 Å². The van der Waals surface area contributed by atoms with E-state index in [2.05, 4.69) is 13.8 Å². The van der Waals surface area contributed by atoms with Crippen molar-refractivity contribution in [2.24, 2.45) is 5.92 Å². The molecule has 130 valence electrons. The van der Waals surface area contributed by atoms with E-state index in [1.54, 1.807) is 18.2 Å². The summed E-state index contributed by atoms with van der Waals surface area (Å²) in [6.07, 6.45) is 1.79. The second-order valence-electron chi connectivity index (χ2n) is 6.44. The van der Waals surface area contributed by atoms with Gasteiger partial charge in [-0.05, 0) is 35.8 Å². The lowest BCUT2D eigenvalue weighted by Gasteiger charge is -2.19. The van der Waals surface area contributed by atoms with E-state index in [0.717, 1.165) is 11.3 Å². The summed E-state index contributed by atoms with van der Waals surface area (Å²) >= 11 is 6.06. The van der Waals surface area contributed by atoms with Gasteiger partial charge in [-0.2, -0.15) is 0 Å². The SMILES string of the molecule is COc1cc(/C=C2\C(=O)N(CC(C)C)c3ccccc32)cc(Cl)c1O. The molecule has 4 nitrogen and oxygen atoms in total. The third kappa shape index (κ3) is 3.22. The molecule has 2 aromatic carbocycles. The molecule has 0 radical (unpaired) electrons. The molecule has 0 unspecified atom stereocenters. The summed E-state index contributed by atoms with van der Waals surface area (Å²) in [5, 5.41) is 10.1. The van der Waals surface area contributed by atoms with E-state index in [1.165, 1.54) is 7.11 Å². The normalized spacial score (nSPS) is 15.2. The average Bonchev–Trinajstić information content (AvgIpc) is 2.83. The molecule has 0 spiro atoms. The predicted molar refractivity (Wildman–Crippen MR) is 101 cm³/mol. The summed E-state index contributed by atoms with van der Waals surface area (Å²) in [6.45, 7) is 4.83. The van der Waals surface area contributed by atoms with Crippen LogP contribution in [0.2, 0.25) is 5.02 Å². The Labute approximate surface area is 152 Å². The van der Waals surface area contributed by atoms with E-state index in [-0.39, 0.29) is 22.4 Å². The van der Waals surface area contributed by atoms with Crippen LogP contribution >= 0.6 is 11.6 Å². The van der Waals surface area contributed by atoms with Gasteiger partial charge in [-0.1, -0.05) is 43.6 Å². The number of fused-ring (bicyclic) bond motifs is 1. The lowest BCUT2D eigenvalue weighted by molar-refractivity contribution is -0.113. The van der Waals surface area contributed by atoms with Crippen molar-refractivity contribution >= 4 is 34.8 Å². The van der Waals surface area contributed by atoms with E-state index in [1.807, 2.05) is 29.2 Å². The third-order valence-electron chi connectivity index (χ3n) is 4.09. The highest BCUT2D eigenvalue weighted by atomic mass is 35.5. The molecule has 25 heavy (non-hydrogen) atoms. The van der Waals surface area contributed by atoms with Crippen molar-refractivity contribution in [1.82, 2.24) is 0 Å². The molecule has 5 heteroatoms. The van der Waals surface area contributed by atoms with Crippen molar-refractivity contribution < 1.29 is 14.6 Å². The molecule has 1 aliphatic rings. The Morgan fingerprint density at radius 3 is 2.68 bits per heavy atom. The molecule has 1 N–H and O–H groups in total. The molecule has 0 saturated carbocycles. The molecule has 0 bridgehead atoms. The zero-order valence-electron chi connectivity index (χ0n) is 14.4. The zero-order valence-corrected chi connectivity index (χ0v) is 15.2. The Hall–Kier alpha value is -2.46. The number of amides is 1. The third-order valence-corrected chi connectivity index (χ3v) is 4.38. The highest BCUT2D eigenvalue weighted by Crippen LogP contribution is 2.40. The van der Waals surface area contributed by atoms with Crippen LogP contribution in [0, 0.1) is 5.92 Å². The van der Waals surface area contributed by atoms with Gasteiger partial charge in [0.25, 0.3) is 5.91 Å². The number of carbonyl (C=O) groups is 1. The maximum absolute atomic E-state index is 13.0. The minimum absolute atomic E-state index is 0.0296. The van der Waals surface area contributed by atoms with Gasteiger partial charge in [0, 0.05) is 17.7 Å². The van der Waals surface area contributed by atoms with E-state index >= 15 is 0 Å². The molecule has 0 aromatic heterocycles. The van der Waals surface area contributed by atoms with Gasteiger partial charge in [-0.15, -0.1) is 0 Å². The maximum atomic E-state index is 13.0. The molecule has 1 amide bonds. The van der Waals surface area contributed by atoms with Crippen LogP contribution in [-0.2, 0) is 4.79 Å². The van der Waals surface area contributed by atoms with Crippen LogP contribution in [0.1, 0.15) is 25.0 Å². The summed E-state index contributed by atoms with van der Waals surface area (Å²) in [5.41, 5.74) is 3.13. The first-order valence-electron chi connectivity index (χ1n) is 8.11. The first-order valence-corrected chi connectivity index (χ1v) is 8.49. The quantitative estimate of drug-likeness (QED) is 0.814. The molecule has 1 aliphatic heterocycles. The molecule has 0 atom stereocenters. The van der Waals surface area contributed by atoms with Crippen LogP contribution in [0.5, 0.6) is 11.5 Å². The minimum Gasteiger partial charge on any atom is -0.503 e. The molecule has 1 heterocycles. The number of para-hydroxylation sites is 1. The Kier molecular flexibility index (Phi) is 4.73. The molecular weight excluding hydrogens is 338 g/mol. The second-order valence-corrected chi connectivity index (χ2v) is 6.85. The van der Waals surface area contributed by atoms with Crippen molar-refractivity contribution in [1.29, 1.82) is 0 Å². The van der Waals surface area contributed by atoms with Gasteiger partial charge >= 0.3 is 0 Å². The molecule has 0 aliphatic carbocycles. The smallest absolute Gasteiger partial charge is 0.259 e. The number of ether oxygens (including phenoxy) is 1. The molecule has 0 saturated heterocycles. The maximum Gasteiger partial charge on any atom is 0.259 e. The zero-order chi connectivity index (χ0) is 18.1. The average molecular weight is 358 g/mol. The van der Waals surface area contributed by atoms with Crippen molar-refractivity contribution in [2.75, 3.05) is 18.6 Å². The summed E-state index contributed by atoms with van der Waals surface area (Å²) in [6, 6.07) is 11.0. The highest BCUT2D eigenvalue weighted by Gasteiger charge is 2.32. The fourth-order valence-corrected chi connectivity index (χ4v) is 3.21.